The molecule has 0 spiro atoms. The van der Waals surface area contributed by atoms with Crippen LogP contribution >= 0.6 is 22.6 Å². The number of aliphatic hydroxyl groups excluding tert-OH is 2. The zero-order valence-electron chi connectivity index (χ0n) is 25.3. The van der Waals surface area contributed by atoms with E-state index in [9.17, 15) is 19.8 Å². The third kappa shape index (κ3) is 8.48. The molecule has 9 heteroatoms. The van der Waals surface area contributed by atoms with Crippen molar-refractivity contribution in [3.63, 3.8) is 0 Å². The minimum absolute atomic E-state index is 0.0296. The largest absolute Gasteiger partial charge is 0.482 e. The SMILES string of the molecule is CC(C)[C@H]1CC[C@H](C)C[C@@H]1OCC(=O)N(C1CCCCC1)[C@@H]1CC(C(=O)NCCO)=C[C@H](Oc2ccccc2I)[C@H]1O. The first-order valence-corrected chi connectivity index (χ1v) is 16.9. The maximum absolute atomic E-state index is 14.2. The molecule has 4 rings (SSSR count). The van der Waals surface area contributed by atoms with Crippen LogP contribution in [0.4, 0.5) is 0 Å². The average Bonchev–Trinajstić information content (AvgIpc) is 2.98. The van der Waals surface area contributed by atoms with Crippen LogP contribution < -0.4 is 10.1 Å². The summed E-state index contributed by atoms with van der Waals surface area (Å²) in [6.07, 6.45) is 8.23. The van der Waals surface area contributed by atoms with Gasteiger partial charge in [-0.05, 0) is 84.2 Å². The second kappa shape index (κ2) is 15.9. The zero-order chi connectivity index (χ0) is 30.2. The molecular formula is C33H49IN2O6. The van der Waals surface area contributed by atoms with Crippen molar-refractivity contribution in [2.24, 2.45) is 17.8 Å². The predicted octanol–water partition coefficient (Wildman–Crippen LogP) is 4.85. The van der Waals surface area contributed by atoms with E-state index >= 15 is 0 Å². The van der Waals surface area contributed by atoms with Gasteiger partial charge in [0.1, 0.15) is 24.6 Å². The molecule has 6 atom stereocenters. The number of nitrogens with zero attached hydrogens (tertiary/aromatic N) is 1. The van der Waals surface area contributed by atoms with Crippen molar-refractivity contribution in [2.45, 2.75) is 109 Å². The molecule has 234 valence electrons. The number of para-hydroxylation sites is 1. The molecule has 3 aliphatic carbocycles. The Morgan fingerprint density at radius 1 is 1.12 bits per heavy atom. The molecule has 1 aromatic rings. The predicted molar refractivity (Wildman–Crippen MR) is 171 cm³/mol. The summed E-state index contributed by atoms with van der Waals surface area (Å²) in [5, 5.41) is 23.8. The van der Waals surface area contributed by atoms with Gasteiger partial charge in [0, 0.05) is 24.6 Å². The van der Waals surface area contributed by atoms with E-state index in [1.807, 2.05) is 29.2 Å². The smallest absolute Gasteiger partial charge is 0.249 e. The highest BCUT2D eigenvalue weighted by Crippen LogP contribution is 2.37. The van der Waals surface area contributed by atoms with Crippen LogP contribution in [0.5, 0.6) is 5.75 Å². The third-order valence-electron chi connectivity index (χ3n) is 9.31. The Kier molecular flexibility index (Phi) is 12.5. The van der Waals surface area contributed by atoms with Crippen molar-refractivity contribution in [3.05, 3.63) is 39.5 Å². The lowest BCUT2D eigenvalue weighted by molar-refractivity contribution is -0.153. The number of hydrogen-bond donors (Lipinski definition) is 3. The van der Waals surface area contributed by atoms with Crippen LogP contribution in [0, 0.1) is 21.3 Å². The topological polar surface area (TPSA) is 108 Å². The summed E-state index contributed by atoms with van der Waals surface area (Å²) in [7, 11) is 0. The van der Waals surface area contributed by atoms with E-state index in [0.717, 1.165) is 48.5 Å². The minimum Gasteiger partial charge on any atom is -0.482 e. The molecule has 8 nitrogen and oxygen atoms in total. The molecule has 0 unspecified atom stereocenters. The van der Waals surface area contributed by atoms with Crippen LogP contribution in [0.3, 0.4) is 0 Å². The van der Waals surface area contributed by atoms with Crippen LogP contribution in [0.25, 0.3) is 0 Å². The molecule has 0 saturated heterocycles. The van der Waals surface area contributed by atoms with Gasteiger partial charge in [0.2, 0.25) is 11.8 Å². The monoisotopic (exact) mass is 696 g/mol. The molecule has 3 aliphatic rings. The molecule has 0 radical (unpaired) electrons. The van der Waals surface area contributed by atoms with Crippen LogP contribution in [-0.4, -0.2) is 77.1 Å². The van der Waals surface area contributed by atoms with Crippen LogP contribution in [0.2, 0.25) is 0 Å². The molecular weight excluding hydrogens is 647 g/mol. The molecule has 0 heterocycles. The molecule has 0 bridgehead atoms. The van der Waals surface area contributed by atoms with Gasteiger partial charge in [0.25, 0.3) is 0 Å². The van der Waals surface area contributed by atoms with Crippen molar-refractivity contribution in [1.29, 1.82) is 0 Å². The van der Waals surface area contributed by atoms with Gasteiger partial charge in [-0.3, -0.25) is 9.59 Å². The van der Waals surface area contributed by atoms with Gasteiger partial charge in [-0.15, -0.1) is 0 Å². The van der Waals surface area contributed by atoms with Gasteiger partial charge in [0.05, 0.1) is 22.3 Å². The van der Waals surface area contributed by atoms with Crippen LogP contribution in [0.1, 0.15) is 78.6 Å². The van der Waals surface area contributed by atoms with E-state index in [0.29, 0.717) is 29.1 Å². The van der Waals surface area contributed by atoms with Crippen molar-refractivity contribution in [2.75, 3.05) is 19.8 Å². The quantitative estimate of drug-likeness (QED) is 0.286. The Bertz CT molecular complexity index is 1070. The molecule has 2 amide bonds. The molecule has 42 heavy (non-hydrogen) atoms. The number of carbonyl (C=O) groups is 2. The Morgan fingerprint density at radius 3 is 2.55 bits per heavy atom. The normalized spacial score (nSPS) is 28.7. The number of halogens is 1. The first-order valence-electron chi connectivity index (χ1n) is 15.8. The van der Waals surface area contributed by atoms with Gasteiger partial charge in [-0.2, -0.15) is 0 Å². The molecule has 0 aromatic heterocycles. The third-order valence-corrected chi connectivity index (χ3v) is 10.2. The lowest BCUT2D eigenvalue weighted by Gasteiger charge is -2.45. The highest BCUT2D eigenvalue weighted by atomic mass is 127. The number of rotatable bonds is 11. The fourth-order valence-electron chi connectivity index (χ4n) is 7.01. The number of hydrogen-bond acceptors (Lipinski definition) is 6. The summed E-state index contributed by atoms with van der Waals surface area (Å²) in [6.45, 7) is 6.64. The molecule has 2 saturated carbocycles. The van der Waals surface area contributed by atoms with Gasteiger partial charge >= 0.3 is 0 Å². The van der Waals surface area contributed by atoms with E-state index in [1.54, 1.807) is 6.08 Å². The summed E-state index contributed by atoms with van der Waals surface area (Å²) in [5.74, 6) is 1.64. The van der Waals surface area contributed by atoms with Gasteiger partial charge in [-0.25, -0.2) is 0 Å². The number of benzene rings is 1. The van der Waals surface area contributed by atoms with Gasteiger partial charge in [0.15, 0.2) is 0 Å². The Labute approximate surface area is 264 Å². The van der Waals surface area contributed by atoms with Gasteiger partial charge in [-0.1, -0.05) is 58.6 Å². The van der Waals surface area contributed by atoms with E-state index in [2.05, 4.69) is 48.7 Å². The molecule has 1 aromatic carbocycles. The van der Waals surface area contributed by atoms with E-state index in [-0.39, 0.29) is 50.1 Å². The summed E-state index contributed by atoms with van der Waals surface area (Å²) < 4.78 is 13.6. The highest BCUT2D eigenvalue weighted by molar-refractivity contribution is 14.1. The minimum atomic E-state index is -1.03. The van der Waals surface area contributed by atoms with E-state index in [4.69, 9.17) is 9.47 Å². The Hall–Kier alpha value is -1.69. The van der Waals surface area contributed by atoms with Crippen molar-refractivity contribution < 1.29 is 29.3 Å². The first kappa shape index (κ1) is 33.2. The Balaban J connectivity index is 1.60. The number of aliphatic hydroxyl groups is 2. The second-order valence-corrected chi connectivity index (χ2v) is 13.9. The zero-order valence-corrected chi connectivity index (χ0v) is 27.5. The number of amides is 2. The summed E-state index contributed by atoms with van der Waals surface area (Å²) in [5.41, 5.74) is 0.449. The maximum atomic E-state index is 14.2. The summed E-state index contributed by atoms with van der Waals surface area (Å²) in [4.78, 5) is 29.1. The molecule has 0 aliphatic heterocycles. The average molecular weight is 697 g/mol. The number of carbonyl (C=O) groups excluding carboxylic acids is 2. The first-order chi connectivity index (χ1) is 20.2. The van der Waals surface area contributed by atoms with Crippen molar-refractivity contribution >= 4 is 34.4 Å². The molecule has 2 fully saturated rings. The highest BCUT2D eigenvalue weighted by Gasteiger charge is 2.43. The maximum Gasteiger partial charge on any atom is 0.249 e. The lowest BCUT2D eigenvalue weighted by Crippen LogP contribution is -2.59. The molecule has 3 N–H and O–H groups in total. The van der Waals surface area contributed by atoms with Crippen molar-refractivity contribution in [3.8, 4) is 5.75 Å². The van der Waals surface area contributed by atoms with Crippen molar-refractivity contribution in [1.82, 2.24) is 10.2 Å². The summed E-state index contributed by atoms with van der Waals surface area (Å²) >= 11 is 2.19. The number of ether oxygens (including phenoxy) is 2. The van der Waals surface area contributed by atoms with Gasteiger partial charge < -0.3 is 29.9 Å². The van der Waals surface area contributed by atoms with E-state index < -0.39 is 18.2 Å². The fraction of sp³-hybridized carbons (Fsp3) is 0.697. The summed E-state index contributed by atoms with van der Waals surface area (Å²) in [6, 6.07) is 6.88. The lowest BCUT2D eigenvalue weighted by atomic mass is 9.75. The fourth-order valence-corrected chi connectivity index (χ4v) is 7.53. The second-order valence-electron chi connectivity index (χ2n) is 12.7. The van der Waals surface area contributed by atoms with E-state index in [1.165, 1.54) is 6.42 Å². The standard InChI is InChI=1S/C33H49IN2O6/c1-21(2)25-14-13-22(3)17-29(25)41-20-31(38)36(24-9-5-4-6-10-24)27-18-23(33(40)35-15-16-37)19-30(32(27)39)42-28-12-8-7-11-26(28)34/h7-8,11-12,19,21-22,24-25,27,29-30,32,37,39H,4-6,9-10,13-18,20H2,1-3H3,(H,35,40)/t22-,25+,27+,29-,30-,32-/m0/s1. The Morgan fingerprint density at radius 2 is 1.86 bits per heavy atom. The van der Waals surface area contributed by atoms with Crippen LogP contribution in [0.15, 0.2) is 35.9 Å². The number of nitrogens with one attached hydrogen (secondary N) is 1. The van der Waals surface area contributed by atoms with Crippen LogP contribution in [-0.2, 0) is 14.3 Å².